The van der Waals surface area contributed by atoms with E-state index in [1.54, 1.807) is 16.2 Å². The van der Waals surface area contributed by atoms with Gasteiger partial charge in [-0.1, -0.05) is 19.9 Å². The molecule has 1 aromatic heterocycles. The monoisotopic (exact) mass is 295 g/mol. The summed E-state index contributed by atoms with van der Waals surface area (Å²) in [7, 11) is 0. The Hall–Kier alpha value is -1.56. The lowest BCUT2D eigenvalue weighted by molar-refractivity contribution is -0.125. The van der Waals surface area contributed by atoms with Gasteiger partial charge >= 0.3 is 6.03 Å². The van der Waals surface area contributed by atoms with Crippen LogP contribution in [-0.4, -0.2) is 36.0 Å². The Morgan fingerprint density at radius 1 is 1.45 bits per heavy atom. The second kappa shape index (κ2) is 6.26. The highest BCUT2D eigenvalue weighted by Gasteiger charge is 2.31. The van der Waals surface area contributed by atoms with E-state index in [4.69, 9.17) is 5.73 Å². The quantitative estimate of drug-likeness (QED) is 0.891. The standard InChI is InChI=1S/C14H21N3O2S/c1-9(2)13(18)16-11-6-10(12-4-3-5-20-12)7-17(8-11)14(15)19/h3-5,9-11H,6-8H2,1-2H3,(H2,15,19)(H,16,18). The van der Waals surface area contributed by atoms with Crippen LogP contribution in [0.5, 0.6) is 0 Å². The molecule has 0 bridgehead atoms. The van der Waals surface area contributed by atoms with E-state index in [1.807, 2.05) is 25.3 Å². The lowest BCUT2D eigenvalue weighted by Crippen LogP contribution is -2.53. The smallest absolute Gasteiger partial charge is 0.314 e. The average molecular weight is 295 g/mol. The molecule has 1 aliphatic heterocycles. The first-order valence-corrected chi connectivity index (χ1v) is 7.73. The number of thiophene rings is 1. The first-order valence-electron chi connectivity index (χ1n) is 6.85. The molecule has 1 saturated heterocycles. The van der Waals surface area contributed by atoms with Gasteiger partial charge in [0.25, 0.3) is 0 Å². The van der Waals surface area contributed by atoms with Gasteiger partial charge in [0.1, 0.15) is 0 Å². The molecule has 3 amide bonds. The molecule has 2 atom stereocenters. The molecule has 2 rings (SSSR count). The fraction of sp³-hybridized carbons (Fsp3) is 0.571. The summed E-state index contributed by atoms with van der Waals surface area (Å²) in [6.45, 7) is 4.85. The molecule has 0 aliphatic carbocycles. The van der Waals surface area contributed by atoms with E-state index in [-0.39, 0.29) is 23.8 Å². The van der Waals surface area contributed by atoms with E-state index in [9.17, 15) is 9.59 Å². The van der Waals surface area contributed by atoms with Crippen LogP contribution >= 0.6 is 11.3 Å². The maximum Gasteiger partial charge on any atom is 0.314 e. The van der Waals surface area contributed by atoms with Crippen LogP contribution in [0.25, 0.3) is 0 Å². The summed E-state index contributed by atoms with van der Waals surface area (Å²) in [4.78, 5) is 26.2. The van der Waals surface area contributed by atoms with Gasteiger partial charge in [-0.3, -0.25) is 4.79 Å². The SMILES string of the molecule is CC(C)C(=O)NC1CC(c2cccs2)CN(C(N)=O)C1. The summed E-state index contributed by atoms with van der Waals surface area (Å²) in [5.41, 5.74) is 5.41. The maximum atomic E-state index is 11.8. The number of carbonyl (C=O) groups is 2. The Balaban J connectivity index is 2.08. The number of rotatable bonds is 3. The molecule has 2 unspecified atom stereocenters. The highest BCUT2D eigenvalue weighted by Crippen LogP contribution is 2.30. The Morgan fingerprint density at radius 2 is 2.20 bits per heavy atom. The first-order chi connectivity index (χ1) is 9.47. The van der Waals surface area contributed by atoms with Gasteiger partial charge in [-0.2, -0.15) is 0 Å². The highest BCUT2D eigenvalue weighted by molar-refractivity contribution is 7.10. The molecule has 1 fully saturated rings. The van der Waals surface area contributed by atoms with Gasteiger partial charge in [-0.25, -0.2) is 4.79 Å². The molecule has 2 heterocycles. The van der Waals surface area contributed by atoms with Crippen LogP contribution in [0.15, 0.2) is 17.5 Å². The van der Waals surface area contributed by atoms with E-state index in [1.165, 1.54) is 4.88 Å². The van der Waals surface area contributed by atoms with Crippen LogP contribution in [0.3, 0.4) is 0 Å². The second-order valence-corrected chi connectivity index (χ2v) is 6.53. The zero-order chi connectivity index (χ0) is 14.7. The van der Waals surface area contributed by atoms with Gasteiger partial charge < -0.3 is 16.0 Å². The van der Waals surface area contributed by atoms with Crippen molar-refractivity contribution in [2.24, 2.45) is 11.7 Å². The molecule has 1 aliphatic rings. The molecule has 110 valence electrons. The largest absolute Gasteiger partial charge is 0.351 e. The van der Waals surface area contributed by atoms with Gasteiger partial charge in [0, 0.05) is 35.8 Å². The van der Waals surface area contributed by atoms with Crippen molar-refractivity contribution < 1.29 is 9.59 Å². The summed E-state index contributed by atoms with van der Waals surface area (Å²) in [6.07, 6.45) is 0.850. The number of urea groups is 1. The van der Waals surface area contributed by atoms with Gasteiger partial charge in [0.2, 0.25) is 5.91 Å². The normalized spacial score (nSPS) is 22.9. The van der Waals surface area contributed by atoms with Crippen LogP contribution in [0, 0.1) is 5.92 Å². The molecule has 6 heteroatoms. The minimum atomic E-state index is -0.421. The van der Waals surface area contributed by atoms with Gasteiger partial charge in [0.05, 0.1) is 0 Å². The van der Waals surface area contributed by atoms with Crippen molar-refractivity contribution in [3.63, 3.8) is 0 Å². The molecule has 5 nitrogen and oxygen atoms in total. The molecule has 20 heavy (non-hydrogen) atoms. The van der Waals surface area contributed by atoms with Gasteiger partial charge in [-0.15, -0.1) is 11.3 Å². The van der Waals surface area contributed by atoms with Crippen molar-refractivity contribution in [1.82, 2.24) is 10.2 Å². The zero-order valence-electron chi connectivity index (χ0n) is 11.8. The van der Waals surface area contributed by atoms with E-state index < -0.39 is 6.03 Å². The van der Waals surface area contributed by atoms with E-state index in [2.05, 4.69) is 11.4 Å². The molecule has 1 aromatic rings. The summed E-state index contributed by atoms with van der Waals surface area (Å²) in [5, 5.41) is 5.04. The predicted molar refractivity (Wildman–Crippen MR) is 79.6 cm³/mol. The number of nitrogens with zero attached hydrogens (tertiary/aromatic N) is 1. The minimum Gasteiger partial charge on any atom is -0.351 e. The molecule has 0 saturated carbocycles. The van der Waals surface area contributed by atoms with Crippen molar-refractivity contribution >= 4 is 23.3 Å². The van der Waals surface area contributed by atoms with Crippen molar-refractivity contribution in [2.75, 3.05) is 13.1 Å². The number of primary amides is 1. The Labute approximate surface area is 123 Å². The predicted octanol–water partition coefficient (Wildman–Crippen LogP) is 1.76. The lowest BCUT2D eigenvalue weighted by atomic mass is 9.92. The molecule has 3 N–H and O–H groups in total. The number of hydrogen-bond acceptors (Lipinski definition) is 3. The number of carbonyl (C=O) groups excluding carboxylic acids is 2. The van der Waals surface area contributed by atoms with Crippen LogP contribution in [0.2, 0.25) is 0 Å². The first kappa shape index (κ1) is 14.8. The molecule has 0 radical (unpaired) electrons. The number of piperidine rings is 1. The molecular formula is C14H21N3O2S. The van der Waals surface area contributed by atoms with Crippen LogP contribution in [0.1, 0.15) is 31.1 Å². The third kappa shape index (κ3) is 3.50. The Morgan fingerprint density at radius 3 is 2.75 bits per heavy atom. The van der Waals surface area contributed by atoms with E-state index >= 15 is 0 Å². The van der Waals surface area contributed by atoms with Gasteiger partial charge in [-0.05, 0) is 17.9 Å². The average Bonchev–Trinajstić information content (AvgIpc) is 2.92. The van der Waals surface area contributed by atoms with Crippen molar-refractivity contribution in [3.8, 4) is 0 Å². The number of hydrogen-bond donors (Lipinski definition) is 2. The minimum absolute atomic E-state index is 0.0197. The Bertz CT molecular complexity index is 473. The van der Waals surface area contributed by atoms with E-state index in [0.717, 1.165) is 6.42 Å². The summed E-state index contributed by atoms with van der Waals surface area (Å²) in [6, 6.07) is 3.62. The lowest BCUT2D eigenvalue weighted by Gasteiger charge is -2.37. The summed E-state index contributed by atoms with van der Waals surface area (Å²) < 4.78 is 0. The van der Waals surface area contributed by atoms with Crippen LogP contribution < -0.4 is 11.1 Å². The fourth-order valence-corrected chi connectivity index (χ4v) is 3.32. The number of nitrogens with one attached hydrogen (secondary N) is 1. The molecule has 0 aromatic carbocycles. The van der Waals surface area contributed by atoms with Crippen LogP contribution in [-0.2, 0) is 4.79 Å². The number of amides is 3. The highest BCUT2D eigenvalue weighted by atomic mass is 32.1. The van der Waals surface area contributed by atoms with Crippen molar-refractivity contribution in [3.05, 3.63) is 22.4 Å². The topological polar surface area (TPSA) is 75.4 Å². The summed E-state index contributed by atoms with van der Waals surface area (Å²) >= 11 is 1.68. The molecule has 0 spiro atoms. The van der Waals surface area contributed by atoms with E-state index in [0.29, 0.717) is 13.1 Å². The third-order valence-corrected chi connectivity index (χ3v) is 4.61. The Kier molecular flexibility index (Phi) is 4.65. The molecular weight excluding hydrogens is 274 g/mol. The van der Waals surface area contributed by atoms with Gasteiger partial charge in [0.15, 0.2) is 0 Å². The third-order valence-electron chi connectivity index (χ3n) is 3.58. The maximum absolute atomic E-state index is 11.8. The fourth-order valence-electron chi connectivity index (χ4n) is 2.48. The van der Waals surface area contributed by atoms with Crippen molar-refractivity contribution in [1.29, 1.82) is 0 Å². The van der Waals surface area contributed by atoms with Crippen molar-refractivity contribution in [2.45, 2.75) is 32.2 Å². The number of nitrogens with two attached hydrogens (primary N) is 1. The van der Waals surface area contributed by atoms with Crippen LogP contribution in [0.4, 0.5) is 4.79 Å². The second-order valence-electron chi connectivity index (χ2n) is 5.55. The zero-order valence-corrected chi connectivity index (χ0v) is 12.7. The summed E-state index contributed by atoms with van der Waals surface area (Å²) in [5.74, 6) is 0.208. The number of likely N-dealkylation sites (tertiary alicyclic amines) is 1.